The molecule has 0 aliphatic rings. The number of fused-ring (bicyclic) bond motifs is 2. The van der Waals surface area contributed by atoms with E-state index in [0.717, 1.165) is 37.8 Å². The Morgan fingerprint density at radius 2 is 1.14 bits per heavy atom. The number of ether oxygens (including phenoxy) is 4. The first-order valence-corrected chi connectivity index (χ1v) is 14.7. The molecule has 0 bridgehead atoms. The van der Waals surface area contributed by atoms with Gasteiger partial charge in [-0.25, -0.2) is 9.59 Å². The average Bonchev–Trinajstić information content (AvgIpc) is 3.02. The molecule has 2 aromatic heterocycles. The second kappa shape index (κ2) is 15.7. The number of aliphatic hydroxyl groups excluding tert-OH is 1. The summed E-state index contributed by atoms with van der Waals surface area (Å²) in [4.78, 5) is 50.4. The maximum absolute atomic E-state index is 12.9. The van der Waals surface area contributed by atoms with Gasteiger partial charge in [0.25, 0.3) is 0 Å². The first-order valence-electron chi connectivity index (χ1n) is 14.7. The number of hydrogen-bond acceptors (Lipinski definition) is 11. The average molecular weight is 609 g/mol. The van der Waals surface area contributed by atoms with Gasteiger partial charge >= 0.3 is 11.9 Å². The van der Waals surface area contributed by atoms with Crippen LogP contribution in [0.5, 0.6) is 11.5 Å². The van der Waals surface area contributed by atoms with Gasteiger partial charge in [0.1, 0.15) is 52.8 Å². The van der Waals surface area contributed by atoms with E-state index in [-0.39, 0.29) is 71.4 Å². The van der Waals surface area contributed by atoms with Gasteiger partial charge in [-0.15, -0.1) is 0 Å². The summed E-state index contributed by atoms with van der Waals surface area (Å²) < 4.78 is 33.0. The summed E-state index contributed by atoms with van der Waals surface area (Å²) in [6.45, 7) is 4.02. The molecular formula is C33H36O11. The summed E-state index contributed by atoms with van der Waals surface area (Å²) in [5, 5.41) is 10.8. The van der Waals surface area contributed by atoms with Crippen molar-refractivity contribution in [3.8, 4) is 11.5 Å². The molecule has 2 aromatic carbocycles. The van der Waals surface area contributed by atoms with Gasteiger partial charge in [-0.3, -0.25) is 9.59 Å². The van der Waals surface area contributed by atoms with Crippen molar-refractivity contribution >= 4 is 33.9 Å². The van der Waals surface area contributed by atoms with E-state index in [2.05, 4.69) is 0 Å². The highest BCUT2D eigenvalue weighted by Gasteiger charge is 2.19. The van der Waals surface area contributed by atoms with E-state index in [1.54, 1.807) is 12.1 Å². The normalized spacial score (nSPS) is 11.2. The monoisotopic (exact) mass is 608 g/mol. The Kier molecular flexibility index (Phi) is 11.5. The highest BCUT2D eigenvalue weighted by molar-refractivity contribution is 5.91. The van der Waals surface area contributed by atoms with Crippen molar-refractivity contribution in [3.05, 3.63) is 80.5 Å². The molecule has 11 heteroatoms. The molecule has 0 amide bonds. The van der Waals surface area contributed by atoms with E-state index >= 15 is 0 Å². The molecule has 0 aliphatic carbocycles. The summed E-state index contributed by atoms with van der Waals surface area (Å²) >= 11 is 0. The Labute approximate surface area is 253 Å². The summed E-state index contributed by atoms with van der Waals surface area (Å²) in [6.07, 6.45) is 4.07. The van der Waals surface area contributed by atoms with Crippen LogP contribution in [0.2, 0.25) is 0 Å². The van der Waals surface area contributed by atoms with Gasteiger partial charge in [-0.2, -0.15) is 0 Å². The lowest BCUT2D eigenvalue weighted by molar-refractivity contribution is 0.0454. The number of benzene rings is 2. The number of esters is 2. The third-order valence-corrected chi connectivity index (χ3v) is 6.66. The Bertz CT molecular complexity index is 1580. The molecule has 0 fully saturated rings. The summed E-state index contributed by atoms with van der Waals surface area (Å²) in [6, 6.07) is 11.4. The van der Waals surface area contributed by atoms with Crippen LogP contribution >= 0.6 is 0 Å². The van der Waals surface area contributed by atoms with Crippen molar-refractivity contribution in [1.29, 1.82) is 0 Å². The van der Waals surface area contributed by atoms with E-state index in [4.69, 9.17) is 27.8 Å². The Hall–Kier alpha value is -4.64. The van der Waals surface area contributed by atoms with Gasteiger partial charge in [0, 0.05) is 12.1 Å². The van der Waals surface area contributed by atoms with E-state index < -0.39 is 28.9 Å². The minimum Gasteiger partial charge on any atom is -0.490 e. The molecule has 11 nitrogen and oxygen atoms in total. The maximum atomic E-state index is 12.9. The third kappa shape index (κ3) is 8.25. The van der Waals surface area contributed by atoms with Crippen molar-refractivity contribution in [2.24, 2.45) is 0 Å². The van der Waals surface area contributed by atoms with E-state index in [1.165, 1.54) is 24.3 Å². The zero-order valence-electron chi connectivity index (χ0n) is 24.8. The van der Waals surface area contributed by atoms with Gasteiger partial charge in [-0.05, 0) is 37.1 Å². The van der Waals surface area contributed by atoms with Crippen LogP contribution in [0.4, 0.5) is 0 Å². The van der Waals surface area contributed by atoms with Crippen LogP contribution in [-0.4, -0.2) is 49.6 Å². The Balaban J connectivity index is 1.39. The fourth-order valence-corrected chi connectivity index (χ4v) is 4.39. The van der Waals surface area contributed by atoms with Gasteiger partial charge in [0.2, 0.25) is 11.5 Å². The van der Waals surface area contributed by atoms with Crippen molar-refractivity contribution in [1.82, 2.24) is 0 Å². The smallest absolute Gasteiger partial charge is 0.374 e. The fraction of sp³-hybridized carbons (Fsp3) is 0.394. The molecule has 0 saturated heterocycles. The first kappa shape index (κ1) is 32.3. The fourth-order valence-electron chi connectivity index (χ4n) is 4.39. The quantitative estimate of drug-likeness (QED) is 0.128. The van der Waals surface area contributed by atoms with Crippen molar-refractivity contribution in [2.75, 3.05) is 26.4 Å². The zero-order chi connectivity index (χ0) is 31.5. The summed E-state index contributed by atoms with van der Waals surface area (Å²) in [5.74, 6) is -1.56. The van der Waals surface area contributed by atoms with Crippen LogP contribution in [0.15, 0.2) is 67.0 Å². The van der Waals surface area contributed by atoms with Crippen LogP contribution in [0.3, 0.4) is 0 Å². The van der Waals surface area contributed by atoms with Crippen LogP contribution in [-0.2, 0) is 9.47 Å². The molecule has 234 valence electrons. The molecule has 0 spiro atoms. The van der Waals surface area contributed by atoms with Crippen molar-refractivity contribution in [3.63, 3.8) is 0 Å². The van der Waals surface area contributed by atoms with Crippen LogP contribution < -0.4 is 20.3 Å². The number of rotatable bonds is 16. The number of unbranched alkanes of at least 4 members (excludes halogenated alkanes) is 4. The Morgan fingerprint density at radius 1 is 0.705 bits per heavy atom. The lowest BCUT2D eigenvalue weighted by atomic mass is 10.2. The third-order valence-electron chi connectivity index (χ3n) is 6.66. The highest BCUT2D eigenvalue weighted by atomic mass is 16.6. The van der Waals surface area contributed by atoms with E-state index in [1.807, 2.05) is 13.8 Å². The first-order chi connectivity index (χ1) is 21.3. The molecule has 0 saturated carbocycles. The van der Waals surface area contributed by atoms with E-state index in [9.17, 15) is 24.3 Å². The zero-order valence-corrected chi connectivity index (χ0v) is 24.8. The van der Waals surface area contributed by atoms with Gasteiger partial charge in [0.05, 0.1) is 13.2 Å². The minimum absolute atomic E-state index is 0.106. The van der Waals surface area contributed by atoms with Gasteiger partial charge in [-0.1, -0.05) is 51.7 Å². The topological polar surface area (TPSA) is 152 Å². The number of aliphatic hydroxyl groups is 1. The van der Waals surface area contributed by atoms with Crippen molar-refractivity contribution in [2.45, 2.75) is 58.5 Å². The van der Waals surface area contributed by atoms with Crippen LogP contribution in [0.1, 0.15) is 73.5 Å². The molecule has 0 unspecified atom stereocenters. The molecule has 2 heterocycles. The molecule has 0 radical (unpaired) electrons. The number of carbonyl (C=O) groups is 2. The largest absolute Gasteiger partial charge is 0.490 e. The molecule has 0 atom stereocenters. The summed E-state index contributed by atoms with van der Waals surface area (Å²) in [7, 11) is 0. The number of hydrogen-bond donors (Lipinski definition) is 1. The maximum Gasteiger partial charge on any atom is 0.374 e. The van der Waals surface area contributed by atoms with Crippen LogP contribution in [0.25, 0.3) is 21.9 Å². The summed E-state index contributed by atoms with van der Waals surface area (Å²) in [5.41, 5.74) is -0.736. The predicted molar refractivity (Wildman–Crippen MR) is 162 cm³/mol. The number of carbonyl (C=O) groups excluding carboxylic acids is 2. The lowest BCUT2D eigenvalue weighted by Crippen LogP contribution is -2.25. The van der Waals surface area contributed by atoms with Gasteiger partial charge < -0.3 is 32.9 Å². The second-order valence-corrected chi connectivity index (χ2v) is 10.2. The van der Waals surface area contributed by atoms with Crippen molar-refractivity contribution < 1.29 is 42.5 Å². The second-order valence-electron chi connectivity index (χ2n) is 10.2. The van der Waals surface area contributed by atoms with Gasteiger partial charge in [0.15, 0.2) is 10.9 Å². The minimum atomic E-state index is -1.16. The molecule has 0 aliphatic heterocycles. The molecule has 44 heavy (non-hydrogen) atoms. The molecule has 4 rings (SSSR count). The standard InChI is InChI=1S/C33H36O11/c1-3-5-7-15-39-32(37)28-17-22(35)30-24(11-9-13-26(30)43-28)41-19-21(34)20-42-25-12-10-14-27-31(25)23(36)18-29(44-27)33(38)40-16-8-6-4-2/h9-14,17-18,21,34H,3-8,15-16,19-20H2,1-2H3. The van der Waals surface area contributed by atoms with E-state index in [0.29, 0.717) is 12.8 Å². The Morgan fingerprint density at radius 3 is 1.55 bits per heavy atom. The predicted octanol–water partition coefficient (Wildman–Crippen LogP) is 5.41. The molecular weight excluding hydrogens is 572 g/mol. The molecule has 1 N–H and O–H groups in total. The highest BCUT2D eigenvalue weighted by Crippen LogP contribution is 2.26. The SMILES string of the molecule is CCCCCOC(=O)c1cc(=O)c2c(OCC(O)COc3cccc4oc(C(=O)OCCCCC)cc(=O)c34)cccc2o1. The lowest BCUT2D eigenvalue weighted by Gasteiger charge is -2.15. The molecule has 4 aromatic rings. The van der Waals surface area contributed by atoms with Crippen LogP contribution in [0, 0.1) is 0 Å².